The van der Waals surface area contributed by atoms with Gasteiger partial charge in [-0.25, -0.2) is 0 Å². The smallest absolute Gasteiger partial charge is 0.105 e. The first-order valence-electron chi connectivity index (χ1n) is 7.73. The van der Waals surface area contributed by atoms with Gasteiger partial charge in [0.15, 0.2) is 0 Å². The number of ether oxygens (including phenoxy) is 1. The van der Waals surface area contributed by atoms with Crippen LogP contribution in [-0.2, 0) is 11.3 Å². The number of morpholine rings is 1. The zero-order chi connectivity index (χ0) is 14.9. The highest BCUT2D eigenvalue weighted by atomic mass is 32.1. The van der Waals surface area contributed by atoms with Gasteiger partial charge in [0.1, 0.15) is 11.0 Å². The fourth-order valence-electron chi connectivity index (χ4n) is 3.43. The van der Waals surface area contributed by atoms with Gasteiger partial charge in [0, 0.05) is 38.8 Å². The van der Waals surface area contributed by atoms with Gasteiger partial charge in [0.25, 0.3) is 0 Å². The fraction of sp³-hybridized carbons (Fsp3) is 0.600. The highest BCUT2D eigenvalue weighted by Gasteiger charge is 2.35. The van der Waals surface area contributed by atoms with E-state index in [1.54, 1.807) is 0 Å². The molecule has 6 nitrogen and oxygen atoms in total. The molecule has 1 aromatic heterocycles. The molecule has 22 heavy (non-hydrogen) atoms. The maximum Gasteiger partial charge on any atom is 0.105 e. The minimum absolute atomic E-state index is 0.230. The minimum atomic E-state index is -0.275. The molecule has 1 N–H and O–H groups in total. The molecule has 2 fully saturated rings. The van der Waals surface area contributed by atoms with E-state index in [0.29, 0.717) is 0 Å². The highest BCUT2D eigenvalue weighted by molar-refractivity contribution is 7.00. The number of fused-ring (bicyclic) bond motifs is 1. The number of likely N-dealkylation sites (tertiary alicyclic amines) is 1. The lowest BCUT2D eigenvalue weighted by Gasteiger charge is -2.33. The van der Waals surface area contributed by atoms with E-state index < -0.39 is 0 Å². The van der Waals surface area contributed by atoms with Crippen molar-refractivity contribution in [2.75, 3.05) is 39.4 Å². The van der Waals surface area contributed by atoms with Crippen LogP contribution >= 0.6 is 11.7 Å². The van der Waals surface area contributed by atoms with E-state index in [2.05, 4.69) is 30.7 Å². The Labute approximate surface area is 133 Å². The Morgan fingerprint density at radius 1 is 1.18 bits per heavy atom. The first-order chi connectivity index (χ1) is 10.8. The van der Waals surface area contributed by atoms with Gasteiger partial charge in [0.05, 0.1) is 31.0 Å². The molecule has 2 atom stereocenters. The summed E-state index contributed by atoms with van der Waals surface area (Å²) < 4.78 is 13.9. The monoisotopic (exact) mass is 320 g/mol. The van der Waals surface area contributed by atoms with Crippen molar-refractivity contribution in [2.24, 2.45) is 0 Å². The van der Waals surface area contributed by atoms with Crippen LogP contribution in [0.1, 0.15) is 5.56 Å². The van der Waals surface area contributed by atoms with Crippen LogP contribution in [0.2, 0.25) is 0 Å². The Balaban J connectivity index is 1.42. The maximum absolute atomic E-state index is 10.4. The molecule has 2 aromatic rings. The summed E-state index contributed by atoms with van der Waals surface area (Å²) in [7, 11) is 0. The molecule has 1 aromatic carbocycles. The molecule has 0 spiro atoms. The molecular formula is C15H20N4O2S. The number of β-amino-alcohol motifs (C(OH)–C–C–N with tert-alkyl or cyclic N) is 1. The first kappa shape index (κ1) is 14.5. The average molecular weight is 320 g/mol. The van der Waals surface area contributed by atoms with E-state index in [0.717, 1.165) is 57.0 Å². The van der Waals surface area contributed by atoms with Crippen molar-refractivity contribution in [3.8, 4) is 0 Å². The number of hydrogen-bond acceptors (Lipinski definition) is 7. The summed E-state index contributed by atoms with van der Waals surface area (Å²) in [5.74, 6) is 0. The number of rotatable bonds is 3. The number of benzene rings is 1. The third-order valence-corrected chi connectivity index (χ3v) is 5.13. The van der Waals surface area contributed by atoms with Crippen LogP contribution in [0, 0.1) is 0 Å². The Morgan fingerprint density at radius 2 is 2.00 bits per heavy atom. The van der Waals surface area contributed by atoms with Crippen molar-refractivity contribution < 1.29 is 9.84 Å². The lowest BCUT2D eigenvalue weighted by atomic mass is 10.1. The minimum Gasteiger partial charge on any atom is -0.390 e. The second-order valence-corrected chi connectivity index (χ2v) is 6.59. The van der Waals surface area contributed by atoms with Crippen LogP contribution in [-0.4, -0.2) is 75.2 Å². The van der Waals surface area contributed by atoms with E-state index in [-0.39, 0.29) is 12.1 Å². The van der Waals surface area contributed by atoms with E-state index in [1.807, 2.05) is 6.07 Å². The molecule has 2 aliphatic rings. The molecule has 0 amide bonds. The van der Waals surface area contributed by atoms with Crippen LogP contribution in [0.15, 0.2) is 18.2 Å². The highest BCUT2D eigenvalue weighted by Crippen LogP contribution is 2.21. The zero-order valence-electron chi connectivity index (χ0n) is 12.4. The predicted octanol–water partition coefficient (Wildman–Crippen LogP) is 0.569. The zero-order valence-corrected chi connectivity index (χ0v) is 13.2. The van der Waals surface area contributed by atoms with Gasteiger partial charge < -0.3 is 9.84 Å². The molecule has 3 heterocycles. The van der Waals surface area contributed by atoms with Crippen molar-refractivity contribution in [3.63, 3.8) is 0 Å². The van der Waals surface area contributed by atoms with E-state index in [1.165, 1.54) is 17.3 Å². The second-order valence-electron chi connectivity index (χ2n) is 6.06. The van der Waals surface area contributed by atoms with E-state index >= 15 is 0 Å². The summed E-state index contributed by atoms with van der Waals surface area (Å²) in [6.07, 6.45) is -0.275. The summed E-state index contributed by atoms with van der Waals surface area (Å²) in [4.78, 5) is 4.69. The molecule has 0 saturated carbocycles. The molecule has 2 aliphatic heterocycles. The summed E-state index contributed by atoms with van der Waals surface area (Å²) in [5, 5.41) is 10.4. The fourth-order valence-corrected chi connectivity index (χ4v) is 3.95. The summed E-state index contributed by atoms with van der Waals surface area (Å²) >= 11 is 1.25. The number of nitrogens with zero attached hydrogens (tertiary/aromatic N) is 4. The summed E-state index contributed by atoms with van der Waals surface area (Å²) in [6, 6.07) is 6.47. The van der Waals surface area contributed by atoms with Gasteiger partial charge in [0.2, 0.25) is 0 Å². The normalized spacial score (nSPS) is 27.7. The Hall–Kier alpha value is -1.12. The summed E-state index contributed by atoms with van der Waals surface area (Å²) in [6.45, 7) is 5.89. The number of hydrogen-bond donors (Lipinski definition) is 1. The van der Waals surface area contributed by atoms with Crippen LogP contribution in [0.3, 0.4) is 0 Å². The van der Waals surface area contributed by atoms with Crippen molar-refractivity contribution in [2.45, 2.75) is 18.7 Å². The first-order valence-corrected chi connectivity index (χ1v) is 8.46. The molecular weight excluding hydrogens is 300 g/mol. The van der Waals surface area contributed by atoms with E-state index in [9.17, 15) is 5.11 Å². The van der Waals surface area contributed by atoms with Crippen molar-refractivity contribution in [1.29, 1.82) is 0 Å². The lowest BCUT2D eigenvalue weighted by molar-refractivity contribution is -0.00618. The molecule has 4 rings (SSSR count). The van der Waals surface area contributed by atoms with Crippen molar-refractivity contribution in [3.05, 3.63) is 23.8 Å². The van der Waals surface area contributed by atoms with Crippen LogP contribution in [0.25, 0.3) is 11.0 Å². The molecule has 118 valence electrons. The molecule has 7 heteroatoms. The summed E-state index contributed by atoms with van der Waals surface area (Å²) in [5.41, 5.74) is 3.16. The Kier molecular flexibility index (Phi) is 4.06. The van der Waals surface area contributed by atoms with Crippen LogP contribution in [0.4, 0.5) is 0 Å². The van der Waals surface area contributed by atoms with Gasteiger partial charge >= 0.3 is 0 Å². The number of aliphatic hydroxyl groups is 1. The van der Waals surface area contributed by atoms with Crippen molar-refractivity contribution in [1.82, 2.24) is 18.5 Å². The molecule has 0 radical (unpaired) electrons. The topological polar surface area (TPSA) is 61.7 Å². The molecule has 2 saturated heterocycles. The molecule has 0 unspecified atom stereocenters. The van der Waals surface area contributed by atoms with Crippen molar-refractivity contribution >= 4 is 22.8 Å². The average Bonchev–Trinajstić information content (AvgIpc) is 3.14. The third-order valence-electron chi connectivity index (χ3n) is 4.57. The van der Waals surface area contributed by atoms with E-state index in [4.69, 9.17) is 4.74 Å². The van der Waals surface area contributed by atoms with Gasteiger partial charge in [-0.15, -0.1) is 0 Å². The second kappa shape index (κ2) is 6.17. The van der Waals surface area contributed by atoms with Gasteiger partial charge in [-0.2, -0.15) is 8.75 Å². The SMILES string of the molecule is O[C@H]1CN(Cc2ccc3nsnc3c2)C[C@@H]1N1CCOCC1. The Morgan fingerprint density at radius 3 is 2.86 bits per heavy atom. The number of aliphatic hydroxyl groups excluding tert-OH is 1. The predicted molar refractivity (Wildman–Crippen MR) is 84.9 cm³/mol. The van der Waals surface area contributed by atoms with Gasteiger partial charge in [-0.1, -0.05) is 6.07 Å². The van der Waals surface area contributed by atoms with Crippen LogP contribution in [0.5, 0.6) is 0 Å². The molecule has 0 aliphatic carbocycles. The Bertz CT molecular complexity index is 643. The maximum atomic E-state index is 10.4. The van der Waals surface area contributed by atoms with Gasteiger partial charge in [-0.05, 0) is 17.7 Å². The largest absolute Gasteiger partial charge is 0.390 e. The molecule has 0 bridgehead atoms. The number of aromatic nitrogens is 2. The third kappa shape index (κ3) is 2.87. The standard InChI is InChI=1S/C15H20N4O2S/c20-15-10-18(9-14(15)19-3-5-21-6-4-19)8-11-1-2-12-13(7-11)17-22-16-12/h1-2,7,14-15,20H,3-6,8-10H2/t14-,15-/m0/s1. The quantitative estimate of drug-likeness (QED) is 0.892. The van der Waals surface area contributed by atoms with Crippen LogP contribution < -0.4 is 0 Å². The lowest BCUT2D eigenvalue weighted by Crippen LogP contribution is -2.48. The van der Waals surface area contributed by atoms with Gasteiger partial charge in [-0.3, -0.25) is 9.80 Å².